The number of ether oxygens (including phenoxy) is 1. The van der Waals surface area contributed by atoms with Crippen molar-refractivity contribution in [2.45, 2.75) is 19.4 Å². The molecule has 4 heterocycles. The molecule has 0 aliphatic carbocycles. The number of carbonyl (C=O) groups excluding carboxylic acids is 1. The molecule has 3 fully saturated rings. The van der Waals surface area contributed by atoms with E-state index < -0.39 is 0 Å². The molecule has 2 aromatic rings. The molecule has 8 heteroatoms. The van der Waals surface area contributed by atoms with Crippen LogP contribution in [0.4, 0.5) is 11.6 Å². The van der Waals surface area contributed by atoms with Gasteiger partial charge in [0.05, 0.1) is 13.2 Å². The number of morpholine rings is 1. The fourth-order valence-electron chi connectivity index (χ4n) is 5.03. The van der Waals surface area contributed by atoms with Crippen molar-refractivity contribution in [2.75, 3.05) is 75.4 Å². The molecule has 1 amide bonds. The van der Waals surface area contributed by atoms with E-state index in [1.54, 1.807) is 0 Å². The third kappa shape index (κ3) is 5.45. The number of amides is 1. The number of carbonyl (C=O) groups is 1. The standard InChI is InChI=1S/C25H34N6O2/c32-25(31-14-12-28(13-15-31)20-21-4-2-1-3-5-21)22-8-10-29(11-9-22)23-6-7-24(27-26-23)30-16-18-33-19-17-30/h1-7,22H,8-20H2. The van der Waals surface area contributed by atoms with Crippen LogP contribution < -0.4 is 9.80 Å². The number of hydrogen-bond acceptors (Lipinski definition) is 7. The van der Waals surface area contributed by atoms with E-state index in [4.69, 9.17) is 4.74 Å². The third-order valence-electron chi connectivity index (χ3n) is 7.07. The van der Waals surface area contributed by atoms with Gasteiger partial charge in [0, 0.05) is 64.8 Å². The molecule has 0 unspecified atom stereocenters. The van der Waals surface area contributed by atoms with E-state index in [-0.39, 0.29) is 5.92 Å². The van der Waals surface area contributed by atoms with Crippen LogP contribution in [0.3, 0.4) is 0 Å². The fourth-order valence-corrected chi connectivity index (χ4v) is 5.03. The predicted octanol–water partition coefficient (Wildman–Crippen LogP) is 1.87. The highest BCUT2D eigenvalue weighted by Crippen LogP contribution is 2.25. The maximum atomic E-state index is 13.1. The summed E-state index contributed by atoms with van der Waals surface area (Å²) >= 11 is 0. The molecule has 0 spiro atoms. The molecule has 8 nitrogen and oxygen atoms in total. The Hall–Kier alpha value is -2.71. The lowest BCUT2D eigenvalue weighted by molar-refractivity contribution is -0.138. The van der Waals surface area contributed by atoms with Crippen molar-refractivity contribution in [3.05, 3.63) is 48.0 Å². The summed E-state index contributed by atoms with van der Waals surface area (Å²) in [5, 5.41) is 8.91. The van der Waals surface area contributed by atoms with Crippen LogP contribution in [0, 0.1) is 5.92 Å². The fraction of sp³-hybridized carbons (Fsp3) is 0.560. The van der Waals surface area contributed by atoms with Crippen LogP contribution in [-0.2, 0) is 16.1 Å². The van der Waals surface area contributed by atoms with Gasteiger partial charge in [0.2, 0.25) is 5.91 Å². The van der Waals surface area contributed by atoms with Gasteiger partial charge in [-0.3, -0.25) is 9.69 Å². The summed E-state index contributed by atoms with van der Waals surface area (Å²) in [5.41, 5.74) is 1.34. The van der Waals surface area contributed by atoms with Crippen molar-refractivity contribution in [3.63, 3.8) is 0 Å². The van der Waals surface area contributed by atoms with Gasteiger partial charge >= 0.3 is 0 Å². The Labute approximate surface area is 196 Å². The maximum Gasteiger partial charge on any atom is 0.225 e. The Balaban J connectivity index is 1.07. The molecule has 0 N–H and O–H groups in total. The zero-order chi connectivity index (χ0) is 22.5. The van der Waals surface area contributed by atoms with E-state index in [0.29, 0.717) is 5.91 Å². The summed E-state index contributed by atoms with van der Waals surface area (Å²) < 4.78 is 5.41. The van der Waals surface area contributed by atoms with Crippen LogP contribution in [0.2, 0.25) is 0 Å². The van der Waals surface area contributed by atoms with Crippen LogP contribution in [-0.4, -0.2) is 91.5 Å². The minimum atomic E-state index is 0.127. The number of aromatic nitrogens is 2. The third-order valence-corrected chi connectivity index (χ3v) is 7.07. The highest BCUT2D eigenvalue weighted by Gasteiger charge is 2.31. The summed E-state index contributed by atoms with van der Waals surface area (Å²) in [4.78, 5) is 22.1. The van der Waals surface area contributed by atoms with Gasteiger partial charge in [-0.1, -0.05) is 30.3 Å². The smallest absolute Gasteiger partial charge is 0.225 e. The first-order chi connectivity index (χ1) is 16.3. The summed E-state index contributed by atoms with van der Waals surface area (Å²) in [6.07, 6.45) is 1.77. The van der Waals surface area contributed by atoms with Crippen LogP contribution in [0.25, 0.3) is 0 Å². The Morgan fingerprint density at radius 2 is 1.39 bits per heavy atom. The highest BCUT2D eigenvalue weighted by atomic mass is 16.5. The van der Waals surface area contributed by atoms with Gasteiger partial charge in [-0.15, -0.1) is 10.2 Å². The second-order valence-electron chi connectivity index (χ2n) is 9.20. The van der Waals surface area contributed by atoms with Crippen molar-refractivity contribution in [1.29, 1.82) is 0 Å². The molecule has 0 bridgehead atoms. The molecule has 1 aromatic heterocycles. The average Bonchev–Trinajstić information content (AvgIpc) is 2.90. The SMILES string of the molecule is O=C(C1CCN(c2ccc(N3CCOCC3)nn2)CC1)N1CCN(Cc2ccccc2)CC1. The van der Waals surface area contributed by atoms with Crippen molar-refractivity contribution >= 4 is 17.5 Å². The van der Waals surface area contributed by atoms with E-state index in [1.807, 2.05) is 0 Å². The molecule has 5 rings (SSSR count). The molecule has 3 saturated heterocycles. The largest absolute Gasteiger partial charge is 0.378 e. The molecule has 33 heavy (non-hydrogen) atoms. The van der Waals surface area contributed by atoms with Gasteiger partial charge in [0.15, 0.2) is 11.6 Å². The number of piperazine rings is 1. The minimum Gasteiger partial charge on any atom is -0.378 e. The second-order valence-corrected chi connectivity index (χ2v) is 9.20. The van der Waals surface area contributed by atoms with E-state index in [9.17, 15) is 4.79 Å². The van der Waals surface area contributed by atoms with E-state index >= 15 is 0 Å². The Bertz CT molecular complexity index is 887. The first-order valence-electron chi connectivity index (χ1n) is 12.2. The van der Waals surface area contributed by atoms with Gasteiger partial charge in [-0.25, -0.2) is 0 Å². The molecule has 0 saturated carbocycles. The molecule has 0 radical (unpaired) electrons. The lowest BCUT2D eigenvalue weighted by atomic mass is 9.95. The summed E-state index contributed by atoms with van der Waals surface area (Å²) in [6, 6.07) is 14.7. The molecule has 176 valence electrons. The summed E-state index contributed by atoms with van der Waals surface area (Å²) in [6.45, 7) is 9.46. The van der Waals surface area contributed by atoms with Gasteiger partial charge in [-0.05, 0) is 30.5 Å². The first kappa shape index (κ1) is 22.1. The first-order valence-corrected chi connectivity index (χ1v) is 12.2. The lowest BCUT2D eigenvalue weighted by Gasteiger charge is -2.38. The molecular weight excluding hydrogens is 416 g/mol. The minimum absolute atomic E-state index is 0.127. The monoisotopic (exact) mass is 450 g/mol. The van der Waals surface area contributed by atoms with Gasteiger partial charge in [0.1, 0.15) is 0 Å². The van der Waals surface area contributed by atoms with E-state index in [2.05, 4.69) is 72.3 Å². The van der Waals surface area contributed by atoms with Crippen LogP contribution in [0.5, 0.6) is 0 Å². The maximum absolute atomic E-state index is 13.1. The second kappa shape index (κ2) is 10.5. The summed E-state index contributed by atoms with van der Waals surface area (Å²) in [5.74, 6) is 2.29. The number of anilines is 2. The van der Waals surface area contributed by atoms with Crippen LogP contribution >= 0.6 is 0 Å². The summed E-state index contributed by atoms with van der Waals surface area (Å²) in [7, 11) is 0. The average molecular weight is 451 g/mol. The lowest BCUT2D eigenvalue weighted by Crippen LogP contribution is -2.51. The molecule has 0 atom stereocenters. The van der Waals surface area contributed by atoms with E-state index in [0.717, 1.165) is 96.6 Å². The van der Waals surface area contributed by atoms with Gasteiger partial charge in [0.25, 0.3) is 0 Å². The van der Waals surface area contributed by atoms with Crippen LogP contribution in [0.1, 0.15) is 18.4 Å². The van der Waals surface area contributed by atoms with E-state index in [1.165, 1.54) is 5.56 Å². The zero-order valence-corrected chi connectivity index (χ0v) is 19.3. The quantitative estimate of drug-likeness (QED) is 0.689. The normalized spacial score (nSPS) is 20.8. The number of benzene rings is 1. The predicted molar refractivity (Wildman–Crippen MR) is 128 cm³/mol. The number of hydrogen-bond donors (Lipinski definition) is 0. The van der Waals surface area contributed by atoms with Gasteiger partial charge in [-0.2, -0.15) is 0 Å². The highest BCUT2D eigenvalue weighted by molar-refractivity contribution is 5.79. The van der Waals surface area contributed by atoms with Crippen molar-refractivity contribution < 1.29 is 9.53 Å². The van der Waals surface area contributed by atoms with Crippen molar-refractivity contribution in [2.24, 2.45) is 5.92 Å². The van der Waals surface area contributed by atoms with Crippen molar-refractivity contribution in [3.8, 4) is 0 Å². The zero-order valence-electron chi connectivity index (χ0n) is 19.3. The molecule has 3 aliphatic heterocycles. The Kier molecular flexibility index (Phi) is 7.02. The Morgan fingerprint density at radius 3 is 2.00 bits per heavy atom. The van der Waals surface area contributed by atoms with Crippen LogP contribution in [0.15, 0.2) is 42.5 Å². The van der Waals surface area contributed by atoms with Crippen molar-refractivity contribution in [1.82, 2.24) is 20.0 Å². The number of nitrogens with zero attached hydrogens (tertiary/aromatic N) is 6. The molecule has 1 aromatic carbocycles. The number of rotatable bonds is 5. The van der Waals surface area contributed by atoms with Gasteiger partial charge < -0.3 is 19.4 Å². The molecular formula is C25H34N6O2. The Morgan fingerprint density at radius 1 is 0.788 bits per heavy atom. The topological polar surface area (TPSA) is 65.0 Å². The molecule has 3 aliphatic rings. The number of piperidine rings is 1.